The molecule has 8 heteroatoms. The Morgan fingerprint density at radius 3 is 2.27 bits per heavy atom. The monoisotopic (exact) mass is 382 g/mol. The van der Waals surface area contributed by atoms with Crippen molar-refractivity contribution < 1.29 is 22.7 Å². The van der Waals surface area contributed by atoms with Crippen LogP contribution in [0.1, 0.15) is 30.6 Å². The number of carbonyl (C=O) groups excluding carboxylic acids is 2. The van der Waals surface area contributed by atoms with Crippen LogP contribution in [0.4, 0.5) is 5.69 Å². The summed E-state index contributed by atoms with van der Waals surface area (Å²) in [7, 11) is -1.53. The molecule has 0 N–H and O–H groups in total. The number of esters is 1. The predicted molar refractivity (Wildman–Crippen MR) is 100 cm³/mol. The summed E-state index contributed by atoms with van der Waals surface area (Å²) >= 11 is 0. The molecule has 0 aliphatic carbocycles. The lowest BCUT2D eigenvalue weighted by molar-refractivity contribution is -0.134. The standard InChI is InChI=1S/C18H26N2O5S/c1-4-20(5-2)15-8-6-14(7-9-15)18(22)25-12-17(21)19(3)16-10-11-26(23,24)13-16/h6-9,16H,4-5,10-13H2,1-3H3/t16-/m1/s1. The van der Waals surface area contributed by atoms with Gasteiger partial charge in [0.2, 0.25) is 0 Å². The van der Waals surface area contributed by atoms with Gasteiger partial charge in [0.05, 0.1) is 17.1 Å². The minimum absolute atomic E-state index is 0.0317. The van der Waals surface area contributed by atoms with Crippen LogP contribution in [0.3, 0.4) is 0 Å². The first kappa shape index (κ1) is 20.2. The maximum absolute atomic E-state index is 12.1. The lowest BCUT2D eigenvalue weighted by Crippen LogP contribution is -2.40. The molecule has 0 saturated carbocycles. The maximum Gasteiger partial charge on any atom is 0.338 e. The molecule has 1 aromatic carbocycles. The Balaban J connectivity index is 1.88. The summed E-state index contributed by atoms with van der Waals surface area (Å²) in [5, 5.41) is 0. The third-order valence-electron chi connectivity index (χ3n) is 4.71. The van der Waals surface area contributed by atoms with E-state index in [1.807, 2.05) is 12.1 Å². The summed E-state index contributed by atoms with van der Waals surface area (Å²) < 4.78 is 28.1. The van der Waals surface area contributed by atoms with Crippen LogP contribution < -0.4 is 4.90 Å². The van der Waals surface area contributed by atoms with Gasteiger partial charge < -0.3 is 14.5 Å². The quantitative estimate of drug-likeness (QED) is 0.662. The molecule has 26 heavy (non-hydrogen) atoms. The average Bonchev–Trinajstić information content (AvgIpc) is 3.00. The van der Waals surface area contributed by atoms with E-state index in [9.17, 15) is 18.0 Å². The number of benzene rings is 1. The van der Waals surface area contributed by atoms with Crippen LogP contribution in [0.25, 0.3) is 0 Å². The van der Waals surface area contributed by atoms with Crippen molar-refractivity contribution in [3.05, 3.63) is 29.8 Å². The molecule has 0 unspecified atom stereocenters. The number of hydrogen-bond donors (Lipinski definition) is 0. The van der Waals surface area contributed by atoms with Crippen LogP contribution >= 0.6 is 0 Å². The number of nitrogens with zero attached hydrogens (tertiary/aromatic N) is 2. The zero-order valence-corrected chi connectivity index (χ0v) is 16.3. The molecular weight excluding hydrogens is 356 g/mol. The van der Waals surface area contributed by atoms with Gasteiger partial charge in [-0.25, -0.2) is 13.2 Å². The Labute approximate surface area is 154 Å². The number of ether oxygens (including phenoxy) is 1. The van der Waals surface area contributed by atoms with E-state index in [1.54, 1.807) is 19.2 Å². The molecule has 1 aliphatic heterocycles. The Morgan fingerprint density at radius 2 is 1.77 bits per heavy atom. The number of amides is 1. The van der Waals surface area contributed by atoms with E-state index >= 15 is 0 Å². The van der Waals surface area contributed by atoms with Gasteiger partial charge in [0, 0.05) is 31.9 Å². The lowest BCUT2D eigenvalue weighted by atomic mass is 10.2. The van der Waals surface area contributed by atoms with Crippen LogP contribution in [-0.2, 0) is 19.4 Å². The van der Waals surface area contributed by atoms with Gasteiger partial charge in [-0.1, -0.05) is 0 Å². The van der Waals surface area contributed by atoms with E-state index in [4.69, 9.17) is 4.74 Å². The molecule has 1 fully saturated rings. The molecule has 1 aromatic rings. The van der Waals surface area contributed by atoms with Crippen LogP contribution in [0.15, 0.2) is 24.3 Å². The van der Waals surface area contributed by atoms with Gasteiger partial charge in [-0.05, 0) is 44.5 Å². The summed E-state index contributed by atoms with van der Waals surface area (Å²) in [6, 6.07) is 6.70. The van der Waals surface area contributed by atoms with Gasteiger partial charge in [0.1, 0.15) is 0 Å². The van der Waals surface area contributed by atoms with Crippen LogP contribution in [-0.4, -0.2) is 69.5 Å². The Kier molecular flexibility index (Phi) is 6.63. The number of sulfone groups is 1. The first-order valence-corrected chi connectivity index (χ1v) is 10.6. The highest BCUT2D eigenvalue weighted by Crippen LogP contribution is 2.17. The zero-order valence-electron chi connectivity index (χ0n) is 15.5. The van der Waals surface area contributed by atoms with Crippen molar-refractivity contribution in [2.45, 2.75) is 26.3 Å². The van der Waals surface area contributed by atoms with E-state index in [0.717, 1.165) is 18.8 Å². The second kappa shape index (κ2) is 8.53. The smallest absolute Gasteiger partial charge is 0.338 e. The highest BCUT2D eigenvalue weighted by atomic mass is 32.2. The van der Waals surface area contributed by atoms with E-state index in [0.29, 0.717) is 12.0 Å². The fourth-order valence-corrected chi connectivity index (χ4v) is 4.77. The van der Waals surface area contributed by atoms with Crippen molar-refractivity contribution in [2.24, 2.45) is 0 Å². The highest BCUT2D eigenvalue weighted by molar-refractivity contribution is 7.91. The predicted octanol–water partition coefficient (Wildman–Crippen LogP) is 1.34. The zero-order chi connectivity index (χ0) is 19.3. The van der Waals surface area contributed by atoms with Gasteiger partial charge >= 0.3 is 5.97 Å². The maximum atomic E-state index is 12.1. The van der Waals surface area contributed by atoms with E-state index in [-0.39, 0.29) is 17.5 Å². The van der Waals surface area contributed by atoms with Crippen molar-refractivity contribution >= 4 is 27.4 Å². The molecule has 0 spiro atoms. The molecule has 0 radical (unpaired) electrons. The van der Waals surface area contributed by atoms with Crippen molar-refractivity contribution in [2.75, 3.05) is 43.1 Å². The van der Waals surface area contributed by atoms with Gasteiger partial charge in [0.25, 0.3) is 5.91 Å². The SMILES string of the molecule is CCN(CC)c1ccc(C(=O)OCC(=O)N(C)[C@@H]2CCS(=O)(=O)C2)cc1. The first-order valence-electron chi connectivity index (χ1n) is 8.75. The normalized spacial score (nSPS) is 18.3. The molecule has 1 atom stereocenters. The molecule has 1 heterocycles. The molecule has 1 amide bonds. The number of likely N-dealkylation sites (N-methyl/N-ethyl adjacent to an activating group) is 1. The molecule has 0 aromatic heterocycles. The van der Waals surface area contributed by atoms with E-state index in [1.165, 1.54) is 4.90 Å². The van der Waals surface area contributed by atoms with Gasteiger partial charge in [-0.2, -0.15) is 0 Å². The number of carbonyl (C=O) groups is 2. The number of hydrogen-bond acceptors (Lipinski definition) is 6. The van der Waals surface area contributed by atoms with Crippen molar-refractivity contribution in [3.63, 3.8) is 0 Å². The van der Waals surface area contributed by atoms with E-state index < -0.39 is 28.3 Å². The number of anilines is 1. The molecule has 144 valence electrons. The first-order chi connectivity index (χ1) is 12.3. The Bertz CT molecular complexity index is 741. The molecular formula is C18H26N2O5S. The molecule has 1 aliphatic rings. The van der Waals surface area contributed by atoms with Crippen molar-refractivity contribution in [3.8, 4) is 0 Å². The Morgan fingerprint density at radius 1 is 1.15 bits per heavy atom. The van der Waals surface area contributed by atoms with E-state index in [2.05, 4.69) is 18.7 Å². The van der Waals surface area contributed by atoms with Gasteiger partial charge in [0.15, 0.2) is 16.4 Å². The minimum atomic E-state index is -3.07. The third-order valence-corrected chi connectivity index (χ3v) is 6.46. The fourth-order valence-electron chi connectivity index (χ4n) is 2.99. The third kappa shape index (κ3) is 4.97. The summed E-state index contributed by atoms with van der Waals surface area (Å²) in [5.41, 5.74) is 1.39. The minimum Gasteiger partial charge on any atom is -0.452 e. The summed E-state index contributed by atoms with van der Waals surface area (Å²) in [4.78, 5) is 27.8. The van der Waals surface area contributed by atoms with Gasteiger partial charge in [-0.15, -0.1) is 0 Å². The van der Waals surface area contributed by atoms with Gasteiger partial charge in [-0.3, -0.25) is 4.79 Å². The largest absolute Gasteiger partial charge is 0.452 e. The van der Waals surface area contributed by atoms with Crippen LogP contribution in [0.5, 0.6) is 0 Å². The number of rotatable bonds is 7. The highest BCUT2D eigenvalue weighted by Gasteiger charge is 2.32. The molecule has 1 saturated heterocycles. The van der Waals surface area contributed by atoms with Crippen LogP contribution in [0.2, 0.25) is 0 Å². The van der Waals surface area contributed by atoms with Crippen molar-refractivity contribution in [1.82, 2.24) is 4.90 Å². The summed E-state index contributed by atoms with van der Waals surface area (Å²) in [6.45, 7) is 5.46. The van der Waals surface area contributed by atoms with Crippen LogP contribution in [0, 0.1) is 0 Å². The molecule has 0 bridgehead atoms. The molecule has 7 nitrogen and oxygen atoms in total. The second-order valence-electron chi connectivity index (χ2n) is 6.36. The fraction of sp³-hybridized carbons (Fsp3) is 0.556. The Hall–Kier alpha value is -2.09. The lowest BCUT2D eigenvalue weighted by Gasteiger charge is -2.23. The topological polar surface area (TPSA) is 84.0 Å². The molecule has 2 rings (SSSR count). The van der Waals surface area contributed by atoms with Crippen molar-refractivity contribution in [1.29, 1.82) is 0 Å². The average molecular weight is 382 g/mol. The summed E-state index contributed by atoms with van der Waals surface area (Å²) in [6.07, 6.45) is 0.422. The second-order valence-corrected chi connectivity index (χ2v) is 8.59. The summed E-state index contributed by atoms with van der Waals surface area (Å²) in [5.74, 6) is -0.915.